The average molecular weight is 583 g/mol. The number of carbonyl (C=O) groups is 1. The molecule has 0 bridgehead atoms. The van der Waals surface area contributed by atoms with Crippen molar-refractivity contribution in [3.05, 3.63) is 90.5 Å². The highest BCUT2D eigenvalue weighted by Gasteiger charge is 2.15. The molecule has 178 valence electrons. The van der Waals surface area contributed by atoms with E-state index in [1.54, 1.807) is 18.2 Å². The Labute approximate surface area is 216 Å². The molecule has 9 heteroatoms. The Kier molecular flexibility index (Phi) is 8.43. The summed E-state index contributed by atoms with van der Waals surface area (Å²) in [4.78, 5) is 22.8. The van der Waals surface area contributed by atoms with Crippen molar-refractivity contribution in [1.29, 1.82) is 5.26 Å². The summed E-state index contributed by atoms with van der Waals surface area (Å²) in [6.07, 6.45) is 1.66. The molecule has 0 saturated carbocycles. The summed E-state index contributed by atoms with van der Waals surface area (Å²) in [7, 11) is 1.49. The molecule has 35 heavy (non-hydrogen) atoms. The van der Waals surface area contributed by atoms with Crippen LogP contribution in [0.1, 0.15) is 22.3 Å². The SMILES string of the molecule is COc1cc(/C=C(\C#N)c2ccc([N+](=O)[O-])cc2)cc(I)c1OCC(=O)Nc1cc(C)ccc1C. The van der Waals surface area contributed by atoms with Crippen molar-refractivity contribution >= 4 is 51.5 Å². The van der Waals surface area contributed by atoms with Gasteiger partial charge in [0.2, 0.25) is 0 Å². The van der Waals surface area contributed by atoms with Gasteiger partial charge in [0.05, 0.1) is 27.2 Å². The van der Waals surface area contributed by atoms with Gasteiger partial charge >= 0.3 is 0 Å². The number of nitro groups is 1. The lowest BCUT2D eigenvalue weighted by Crippen LogP contribution is -2.21. The number of halogens is 1. The zero-order valence-electron chi connectivity index (χ0n) is 19.3. The Hall–Kier alpha value is -3.91. The van der Waals surface area contributed by atoms with E-state index in [0.29, 0.717) is 31.8 Å². The van der Waals surface area contributed by atoms with Crippen LogP contribution >= 0.6 is 22.6 Å². The summed E-state index contributed by atoms with van der Waals surface area (Å²) in [6, 6.07) is 17.2. The van der Waals surface area contributed by atoms with Crippen LogP contribution in [-0.4, -0.2) is 24.5 Å². The lowest BCUT2D eigenvalue weighted by molar-refractivity contribution is -0.384. The van der Waals surface area contributed by atoms with Gasteiger partial charge in [-0.15, -0.1) is 0 Å². The first kappa shape index (κ1) is 25.7. The molecule has 0 aliphatic rings. The zero-order valence-corrected chi connectivity index (χ0v) is 21.5. The van der Waals surface area contributed by atoms with Gasteiger partial charge in [0.1, 0.15) is 0 Å². The van der Waals surface area contributed by atoms with E-state index in [1.807, 2.05) is 32.0 Å². The van der Waals surface area contributed by atoms with Gasteiger partial charge in [0.15, 0.2) is 18.1 Å². The number of hydrogen-bond donors (Lipinski definition) is 1. The lowest BCUT2D eigenvalue weighted by Gasteiger charge is -2.14. The molecule has 0 aliphatic carbocycles. The molecule has 3 aromatic rings. The molecule has 1 N–H and O–H groups in total. The molecule has 1 amide bonds. The van der Waals surface area contributed by atoms with E-state index in [1.165, 1.54) is 31.4 Å². The van der Waals surface area contributed by atoms with Crippen LogP contribution in [0.3, 0.4) is 0 Å². The van der Waals surface area contributed by atoms with Crippen LogP contribution in [0, 0.1) is 38.9 Å². The Morgan fingerprint density at radius 1 is 1.17 bits per heavy atom. The molecule has 3 rings (SSSR count). The molecule has 0 atom stereocenters. The monoisotopic (exact) mass is 583 g/mol. The van der Waals surface area contributed by atoms with Crippen molar-refractivity contribution in [3.8, 4) is 17.6 Å². The number of non-ortho nitro benzene ring substituents is 1. The third-order valence-corrected chi connectivity index (χ3v) is 5.89. The van der Waals surface area contributed by atoms with Crippen molar-refractivity contribution in [1.82, 2.24) is 0 Å². The fourth-order valence-electron chi connectivity index (χ4n) is 3.27. The van der Waals surface area contributed by atoms with Crippen molar-refractivity contribution < 1.29 is 19.2 Å². The van der Waals surface area contributed by atoms with E-state index in [0.717, 1.165) is 16.8 Å². The molecule has 0 fully saturated rings. The number of nitriles is 1. The van der Waals surface area contributed by atoms with Gasteiger partial charge in [-0.1, -0.05) is 12.1 Å². The van der Waals surface area contributed by atoms with Crippen LogP contribution in [0.2, 0.25) is 0 Å². The molecule has 3 aromatic carbocycles. The van der Waals surface area contributed by atoms with E-state index in [9.17, 15) is 20.2 Å². The van der Waals surface area contributed by atoms with Crippen LogP contribution in [0.4, 0.5) is 11.4 Å². The maximum atomic E-state index is 12.5. The predicted octanol–water partition coefficient (Wildman–Crippen LogP) is 5.91. The average Bonchev–Trinajstić information content (AvgIpc) is 2.83. The number of nitrogens with zero attached hydrogens (tertiary/aromatic N) is 2. The Morgan fingerprint density at radius 2 is 1.89 bits per heavy atom. The first-order chi connectivity index (χ1) is 16.7. The number of hydrogen-bond acceptors (Lipinski definition) is 6. The number of nitrogens with one attached hydrogen (secondary N) is 1. The number of allylic oxidation sites excluding steroid dienone is 1. The molecule has 0 radical (unpaired) electrons. The molecule has 0 aromatic heterocycles. The Bertz CT molecular complexity index is 1340. The van der Waals surface area contributed by atoms with Crippen LogP contribution in [0.25, 0.3) is 11.6 Å². The highest BCUT2D eigenvalue weighted by atomic mass is 127. The van der Waals surface area contributed by atoms with Gasteiger partial charge < -0.3 is 14.8 Å². The number of amides is 1. The van der Waals surface area contributed by atoms with Crippen molar-refractivity contribution in [3.63, 3.8) is 0 Å². The number of benzene rings is 3. The minimum absolute atomic E-state index is 0.0506. The molecule has 0 heterocycles. The van der Waals surface area contributed by atoms with Gasteiger partial charge in [-0.2, -0.15) is 5.26 Å². The number of rotatable bonds is 8. The summed E-state index contributed by atoms with van der Waals surface area (Å²) in [5, 5.41) is 23.3. The first-order valence-electron chi connectivity index (χ1n) is 10.5. The summed E-state index contributed by atoms with van der Waals surface area (Å²) in [5.41, 5.74) is 4.23. The van der Waals surface area contributed by atoms with Crippen molar-refractivity contribution in [2.24, 2.45) is 0 Å². The minimum Gasteiger partial charge on any atom is -0.493 e. The summed E-state index contributed by atoms with van der Waals surface area (Å²) >= 11 is 2.08. The third-order valence-electron chi connectivity index (χ3n) is 5.09. The van der Waals surface area contributed by atoms with Gasteiger partial charge in [0.25, 0.3) is 11.6 Å². The highest BCUT2D eigenvalue weighted by molar-refractivity contribution is 14.1. The smallest absolute Gasteiger partial charge is 0.269 e. The number of methoxy groups -OCH3 is 1. The predicted molar refractivity (Wildman–Crippen MR) is 142 cm³/mol. The van der Waals surface area contributed by atoms with Crippen LogP contribution < -0.4 is 14.8 Å². The van der Waals surface area contributed by atoms with Crippen LogP contribution in [0.5, 0.6) is 11.5 Å². The zero-order chi connectivity index (χ0) is 25.5. The van der Waals surface area contributed by atoms with Crippen molar-refractivity contribution in [2.45, 2.75) is 13.8 Å². The highest BCUT2D eigenvalue weighted by Crippen LogP contribution is 2.35. The third kappa shape index (κ3) is 6.58. The quantitative estimate of drug-likeness (QED) is 0.116. The number of aryl methyl sites for hydroxylation is 2. The number of nitro benzene ring substituents is 1. The number of anilines is 1. The van der Waals surface area contributed by atoms with Gasteiger partial charge in [-0.25, -0.2) is 0 Å². The lowest BCUT2D eigenvalue weighted by atomic mass is 10.0. The number of carbonyl (C=O) groups excluding carboxylic acids is 1. The fourth-order valence-corrected chi connectivity index (χ4v) is 4.05. The molecule has 8 nitrogen and oxygen atoms in total. The molecular weight excluding hydrogens is 561 g/mol. The second-order valence-electron chi connectivity index (χ2n) is 7.66. The molecule has 0 aliphatic heterocycles. The Balaban J connectivity index is 1.79. The second-order valence-corrected chi connectivity index (χ2v) is 8.83. The van der Waals surface area contributed by atoms with E-state index >= 15 is 0 Å². The molecule has 0 saturated heterocycles. The molecule has 0 unspecified atom stereocenters. The topological polar surface area (TPSA) is 114 Å². The van der Waals surface area contributed by atoms with E-state index in [4.69, 9.17) is 9.47 Å². The number of ether oxygens (including phenoxy) is 2. The van der Waals surface area contributed by atoms with Crippen LogP contribution in [0.15, 0.2) is 54.6 Å². The van der Waals surface area contributed by atoms with E-state index in [-0.39, 0.29) is 18.2 Å². The summed E-state index contributed by atoms with van der Waals surface area (Å²) in [5.74, 6) is 0.518. The Morgan fingerprint density at radius 3 is 2.51 bits per heavy atom. The standard InChI is InChI=1S/C26H22IN3O5/c1-16-4-5-17(2)23(10-16)29-25(31)15-35-26-22(27)12-18(13-24(26)34-3)11-20(14-28)19-6-8-21(9-7-19)30(32)33/h4-13H,15H2,1-3H3,(H,29,31)/b20-11+. The summed E-state index contributed by atoms with van der Waals surface area (Å²) < 4.78 is 11.9. The van der Waals surface area contributed by atoms with Gasteiger partial charge in [-0.3, -0.25) is 14.9 Å². The molecule has 0 spiro atoms. The minimum atomic E-state index is -0.492. The normalized spacial score (nSPS) is 10.9. The van der Waals surface area contributed by atoms with E-state index in [2.05, 4.69) is 34.0 Å². The fraction of sp³-hybridized carbons (Fsp3) is 0.154. The van der Waals surface area contributed by atoms with Crippen LogP contribution in [-0.2, 0) is 4.79 Å². The largest absolute Gasteiger partial charge is 0.493 e. The van der Waals surface area contributed by atoms with E-state index < -0.39 is 4.92 Å². The second kappa shape index (κ2) is 11.5. The first-order valence-corrected chi connectivity index (χ1v) is 11.5. The maximum Gasteiger partial charge on any atom is 0.269 e. The molecular formula is C26H22IN3O5. The van der Waals surface area contributed by atoms with Gasteiger partial charge in [-0.05, 0) is 95.1 Å². The summed E-state index contributed by atoms with van der Waals surface area (Å²) in [6.45, 7) is 3.66. The maximum absolute atomic E-state index is 12.5. The van der Waals surface area contributed by atoms with Crippen molar-refractivity contribution in [2.75, 3.05) is 19.0 Å². The van der Waals surface area contributed by atoms with Gasteiger partial charge in [0, 0.05) is 17.8 Å².